The number of carbonyl (C=O) groups is 4. The number of hydrogen-bond donors (Lipinski definition) is 2. The zero-order valence-electron chi connectivity index (χ0n) is 20.4. The lowest BCUT2D eigenvalue weighted by molar-refractivity contribution is 0.0457. The standard InChI is InChI=1S/C30H22O9/c31-27(32)23-13-11-22(16-26(23)30(36)38-18-20-9-5-2-6-10-20)39-21-12-14-24(25(15-21)28(33)34)29(35)37-17-19-7-3-1-4-8-19/h1-16H,17-18H2,(H,31,32)(H,33,34). The van der Waals surface area contributed by atoms with Gasteiger partial charge in [-0.3, -0.25) is 0 Å². The molecule has 39 heavy (non-hydrogen) atoms. The van der Waals surface area contributed by atoms with Gasteiger partial charge in [-0.05, 0) is 47.5 Å². The molecule has 0 saturated carbocycles. The zero-order chi connectivity index (χ0) is 27.8. The topological polar surface area (TPSA) is 136 Å². The Hall–Kier alpha value is -5.44. The molecule has 9 nitrogen and oxygen atoms in total. The first-order valence-corrected chi connectivity index (χ1v) is 11.7. The van der Waals surface area contributed by atoms with Gasteiger partial charge in [0.05, 0.1) is 22.3 Å². The quantitative estimate of drug-likeness (QED) is 0.253. The summed E-state index contributed by atoms with van der Waals surface area (Å²) in [5, 5.41) is 19.2. The van der Waals surface area contributed by atoms with E-state index < -0.39 is 23.9 Å². The molecule has 2 N–H and O–H groups in total. The minimum atomic E-state index is -1.38. The molecule has 0 unspecified atom stereocenters. The third-order valence-electron chi connectivity index (χ3n) is 5.54. The Balaban J connectivity index is 1.53. The fourth-order valence-corrected chi connectivity index (χ4v) is 3.62. The number of ether oxygens (including phenoxy) is 3. The van der Waals surface area contributed by atoms with Crippen LogP contribution in [0.2, 0.25) is 0 Å². The van der Waals surface area contributed by atoms with Crippen molar-refractivity contribution in [3.63, 3.8) is 0 Å². The maximum atomic E-state index is 12.7. The van der Waals surface area contributed by atoms with Crippen LogP contribution < -0.4 is 4.74 Å². The summed E-state index contributed by atoms with van der Waals surface area (Å²) in [5.74, 6) is -4.30. The molecule has 0 radical (unpaired) electrons. The highest BCUT2D eigenvalue weighted by Gasteiger charge is 2.22. The molecule has 196 valence electrons. The minimum absolute atomic E-state index is 0.0317. The van der Waals surface area contributed by atoms with E-state index in [9.17, 15) is 29.4 Å². The molecule has 4 rings (SSSR count). The van der Waals surface area contributed by atoms with Crippen LogP contribution in [0.4, 0.5) is 0 Å². The monoisotopic (exact) mass is 526 g/mol. The molecule has 0 bridgehead atoms. The SMILES string of the molecule is O=C(O)c1cc(Oc2ccc(C(=O)O)c(C(=O)OCc3ccccc3)c2)ccc1C(=O)OCc1ccccc1. The van der Waals surface area contributed by atoms with E-state index in [0.717, 1.165) is 17.2 Å². The Kier molecular flexibility index (Phi) is 8.33. The number of rotatable bonds is 10. The van der Waals surface area contributed by atoms with Gasteiger partial charge >= 0.3 is 23.9 Å². The molecule has 0 fully saturated rings. The summed E-state index contributed by atoms with van der Waals surface area (Å²) in [4.78, 5) is 48.8. The molecule has 0 spiro atoms. The van der Waals surface area contributed by atoms with Gasteiger partial charge in [0.15, 0.2) is 0 Å². The molecule has 0 aliphatic rings. The van der Waals surface area contributed by atoms with E-state index in [1.54, 1.807) is 48.5 Å². The lowest BCUT2D eigenvalue weighted by atomic mass is 10.1. The van der Waals surface area contributed by atoms with Gasteiger partial charge in [-0.2, -0.15) is 0 Å². The number of carboxylic acid groups (broad SMARTS) is 2. The number of hydrogen-bond acceptors (Lipinski definition) is 7. The molecule has 0 amide bonds. The summed E-state index contributed by atoms with van der Waals surface area (Å²) in [5.41, 5.74) is 0.412. The van der Waals surface area contributed by atoms with Crippen LogP contribution in [0.1, 0.15) is 52.6 Å². The number of benzene rings is 4. The van der Waals surface area contributed by atoms with Crippen LogP contribution in [-0.2, 0) is 22.7 Å². The van der Waals surface area contributed by atoms with Gasteiger partial charge in [-0.1, -0.05) is 60.7 Å². The van der Waals surface area contributed by atoms with E-state index in [2.05, 4.69) is 0 Å². The van der Waals surface area contributed by atoms with E-state index in [1.807, 2.05) is 12.1 Å². The van der Waals surface area contributed by atoms with E-state index in [0.29, 0.717) is 0 Å². The van der Waals surface area contributed by atoms with Crippen LogP contribution in [-0.4, -0.2) is 34.1 Å². The molecule has 4 aromatic rings. The van der Waals surface area contributed by atoms with E-state index in [1.165, 1.54) is 30.3 Å². The minimum Gasteiger partial charge on any atom is -0.478 e. The van der Waals surface area contributed by atoms with Crippen molar-refractivity contribution in [1.29, 1.82) is 0 Å². The lowest BCUT2D eigenvalue weighted by Crippen LogP contribution is -2.12. The molecule has 0 heterocycles. The normalized spacial score (nSPS) is 10.4. The van der Waals surface area contributed by atoms with Crippen LogP contribution in [0, 0.1) is 0 Å². The maximum absolute atomic E-state index is 12.7. The van der Waals surface area contributed by atoms with E-state index in [4.69, 9.17) is 14.2 Å². The van der Waals surface area contributed by atoms with Gasteiger partial charge in [-0.15, -0.1) is 0 Å². The van der Waals surface area contributed by atoms with Gasteiger partial charge in [0, 0.05) is 0 Å². The van der Waals surface area contributed by atoms with Gasteiger partial charge in [0.2, 0.25) is 0 Å². The fourth-order valence-electron chi connectivity index (χ4n) is 3.62. The van der Waals surface area contributed by atoms with Crippen molar-refractivity contribution in [2.75, 3.05) is 0 Å². The molecule has 0 atom stereocenters. The van der Waals surface area contributed by atoms with Crippen molar-refractivity contribution < 1.29 is 43.6 Å². The lowest BCUT2D eigenvalue weighted by Gasteiger charge is -2.12. The van der Waals surface area contributed by atoms with Crippen molar-refractivity contribution in [2.24, 2.45) is 0 Å². The Bertz CT molecular complexity index is 1510. The molecular formula is C30H22O9. The van der Waals surface area contributed by atoms with Crippen molar-refractivity contribution in [3.8, 4) is 11.5 Å². The zero-order valence-corrected chi connectivity index (χ0v) is 20.4. The van der Waals surface area contributed by atoms with Crippen LogP contribution >= 0.6 is 0 Å². The molecule has 0 aliphatic heterocycles. The highest BCUT2D eigenvalue weighted by Crippen LogP contribution is 2.27. The second-order valence-electron chi connectivity index (χ2n) is 8.25. The summed E-state index contributed by atoms with van der Waals surface area (Å²) < 4.78 is 16.2. The summed E-state index contributed by atoms with van der Waals surface area (Å²) in [6.45, 7) is -0.0936. The number of esters is 2. The predicted octanol–water partition coefficient (Wildman–Crippen LogP) is 5.59. The van der Waals surface area contributed by atoms with Crippen LogP contribution in [0.3, 0.4) is 0 Å². The summed E-state index contributed by atoms with van der Waals surface area (Å²) >= 11 is 0. The smallest absolute Gasteiger partial charge is 0.339 e. The number of carbonyl (C=O) groups excluding carboxylic acids is 2. The summed E-state index contributed by atoms with van der Waals surface area (Å²) in [6, 6.07) is 25.3. The van der Waals surface area contributed by atoms with Crippen molar-refractivity contribution in [1.82, 2.24) is 0 Å². The molecule has 0 aliphatic carbocycles. The van der Waals surface area contributed by atoms with Crippen LogP contribution in [0.5, 0.6) is 11.5 Å². The number of aromatic carboxylic acids is 2. The highest BCUT2D eigenvalue weighted by molar-refractivity contribution is 6.03. The first-order chi connectivity index (χ1) is 18.8. The molecular weight excluding hydrogens is 504 g/mol. The first-order valence-electron chi connectivity index (χ1n) is 11.7. The Labute approximate surface area is 222 Å². The average Bonchev–Trinajstić information content (AvgIpc) is 2.95. The van der Waals surface area contributed by atoms with Crippen molar-refractivity contribution >= 4 is 23.9 Å². The Morgan fingerprint density at radius 3 is 1.44 bits per heavy atom. The van der Waals surface area contributed by atoms with E-state index in [-0.39, 0.29) is 47.0 Å². The number of carboxylic acids is 2. The largest absolute Gasteiger partial charge is 0.478 e. The third kappa shape index (κ3) is 6.86. The third-order valence-corrected chi connectivity index (χ3v) is 5.54. The second kappa shape index (κ2) is 12.2. The van der Waals surface area contributed by atoms with Crippen LogP contribution in [0.25, 0.3) is 0 Å². The molecule has 9 heteroatoms. The fraction of sp³-hybridized carbons (Fsp3) is 0.0667. The first kappa shape index (κ1) is 26.6. The highest BCUT2D eigenvalue weighted by atomic mass is 16.5. The molecule has 0 aromatic heterocycles. The van der Waals surface area contributed by atoms with Crippen LogP contribution in [0.15, 0.2) is 97.1 Å². The second-order valence-corrected chi connectivity index (χ2v) is 8.25. The van der Waals surface area contributed by atoms with Gasteiger partial charge in [0.25, 0.3) is 0 Å². The maximum Gasteiger partial charge on any atom is 0.339 e. The predicted molar refractivity (Wildman–Crippen MR) is 138 cm³/mol. The van der Waals surface area contributed by atoms with Gasteiger partial charge < -0.3 is 24.4 Å². The Morgan fingerprint density at radius 1 is 0.513 bits per heavy atom. The van der Waals surface area contributed by atoms with Crippen molar-refractivity contribution in [2.45, 2.75) is 13.2 Å². The van der Waals surface area contributed by atoms with Gasteiger partial charge in [-0.25, -0.2) is 19.2 Å². The summed E-state index contributed by atoms with van der Waals surface area (Å²) in [7, 11) is 0. The Morgan fingerprint density at radius 2 is 0.949 bits per heavy atom. The van der Waals surface area contributed by atoms with Gasteiger partial charge in [0.1, 0.15) is 24.7 Å². The molecule has 0 saturated heterocycles. The van der Waals surface area contributed by atoms with E-state index >= 15 is 0 Å². The molecule has 4 aromatic carbocycles. The average molecular weight is 526 g/mol. The van der Waals surface area contributed by atoms with Crippen molar-refractivity contribution in [3.05, 3.63) is 130 Å². The summed E-state index contributed by atoms with van der Waals surface area (Å²) in [6.07, 6.45) is 0.